The lowest BCUT2D eigenvalue weighted by molar-refractivity contribution is 0.406. The summed E-state index contributed by atoms with van der Waals surface area (Å²) in [5.74, 6) is 1.77. The number of benzene rings is 8. The predicted molar refractivity (Wildman–Crippen MR) is 263 cm³/mol. The Morgan fingerprint density at radius 3 is 1.77 bits per heavy atom. The summed E-state index contributed by atoms with van der Waals surface area (Å²) in [4.78, 5) is 20.9. The molecule has 304 valence electrons. The van der Waals surface area contributed by atoms with Gasteiger partial charge in [0.1, 0.15) is 11.2 Å². The molecule has 14 rings (SSSR count). The molecule has 0 aliphatic heterocycles. The number of allylic oxidation sites excluding steroid dienone is 4. The number of hydrogen-bond donors (Lipinski definition) is 0. The molecule has 3 aliphatic rings. The zero-order valence-corrected chi connectivity index (χ0v) is 35.4. The van der Waals surface area contributed by atoms with Gasteiger partial charge in [-0.15, -0.1) is 0 Å². The molecule has 0 amide bonds. The summed E-state index contributed by atoms with van der Waals surface area (Å²) in [7, 11) is 0. The van der Waals surface area contributed by atoms with Crippen LogP contribution < -0.4 is 0 Å². The summed E-state index contributed by atoms with van der Waals surface area (Å²) in [6.07, 6.45) is 6.96. The van der Waals surface area contributed by atoms with Gasteiger partial charge in [-0.2, -0.15) is 0 Å². The second-order valence-electron chi connectivity index (χ2n) is 17.7. The molecule has 1 spiro atoms. The summed E-state index contributed by atoms with van der Waals surface area (Å²) in [5.41, 5.74) is 18.0. The zero-order chi connectivity index (χ0) is 42.8. The number of aromatic nitrogens is 4. The first-order valence-electron chi connectivity index (χ1n) is 22.4. The van der Waals surface area contributed by atoms with E-state index in [2.05, 4.69) is 189 Å². The molecule has 5 nitrogen and oxygen atoms in total. The first kappa shape index (κ1) is 36.2. The molecule has 0 saturated heterocycles. The fourth-order valence-electron chi connectivity index (χ4n) is 11.6. The van der Waals surface area contributed by atoms with Crippen LogP contribution in [-0.2, 0) is 5.41 Å². The van der Waals surface area contributed by atoms with E-state index in [-0.39, 0.29) is 11.8 Å². The Morgan fingerprint density at radius 1 is 0.462 bits per heavy atom. The molecular weight excluding hydrogens is 793 g/mol. The van der Waals surface area contributed by atoms with Gasteiger partial charge in [-0.1, -0.05) is 171 Å². The Hall–Kier alpha value is -8.28. The number of para-hydroxylation sites is 2. The molecule has 3 heterocycles. The van der Waals surface area contributed by atoms with Gasteiger partial charge in [0, 0.05) is 55.3 Å². The van der Waals surface area contributed by atoms with Crippen molar-refractivity contribution in [2.24, 2.45) is 11.8 Å². The van der Waals surface area contributed by atoms with Crippen LogP contribution in [0.4, 0.5) is 0 Å². The van der Waals surface area contributed by atoms with E-state index in [0.29, 0.717) is 5.82 Å². The molecular formula is C60H38N4O. The fourth-order valence-corrected chi connectivity index (χ4v) is 11.6. The minimum atomic E-state index is -0.489. The molecule has 8 aromatic carbocycles. The second-order valence-corrected chi connectivity index (χ2v) is 17.7. The van der Waals surface area contributed by atoms with E-state index >= 15 is 0 Å². The molecule has 0 bridgehead atoms. The third-order valence-corrected chi connectivity index (χ3v) is 14.3. The highest BCUT2D eigenvalue weighted by Crippen LogP contribution is 2.67. The third-order valence-electron chi connectivity index (χ3n) is 14.3. The van der Waals surface area contributed by atoms with E-state index in [1.54, 1.807) is 0 Å². The molecule has 3 atom stereocenters. The maximum absolute atomic E-state index is 7.08. The van der Waals surface area contributed by atoms with Crippen LogP contribution in [0.15, 0.2) is 205 Å². The highest BCUT2D eigenvalue weighted by molar-refractivity contribution is 6.12. The van der Waals surface area contributed by atoms with Crippen LogP contribution in [-0.4, -0.2) is 19.9 Å². The minimum Gasteiger partial charge on any atom is -0.455 e. The van der Waals surface area contributed by atoms with Crippen molar-refractivity contribution < 1.29 is 4.42 Å². The van der Waals surface area contributed by atoms with Crippen LogP contribution in [0.25, 0.3) is 106 Å². The summed E-state index contributed by atoms with van der Waals surface area (Å²) in [5, 5.41) is 4.21. The van der Waals surface area contributed by atoms with Crippen molar-refractivity contribution in [3.8, 4) is 56.4 Å². The first-order chi connectivity index (χ1) is 32.1. The van der Waals surface area contributed by atoms with Gasteiger partial charge in [-0.25, -0.2) is 19.9 Å². The topological polar surface area (TPSA) is 64.7 Å². The molecule has 65 heavy (non-hydrogen) atoms. The molecule has 3 unspecified atom stereocenters. The Labute approximate surface area is 375 Å². The van der Waals surface area contributed by atoms with Gasteiger partial charge in [-0.05, 0) is 75.7 Å². The molecule has 5 heteroatoms. The predicted octanol–water partition coefficient (Wildman–Crippen LogP) is 14.7. The van der Waals surface area contributed by atoms with Gasteiger partial charge in [0.25, 0.3) is 0 Å². The lowest BCUT2D eigenvalue weighted by Crippen LogP contribution is -2.36. The molecule has 11 aromatic rings. The maximum atomic E-state index is 7.08. The maximum Gasteiger partial charge on any atom is 0.160 e. The highest BCUT2D eigenvalue weighted by Gasteiger charge is 2.58. The van der Waals surface area contributed by atoms with Crippen LogP contribution in [0.5, 0.6) is 0 Å². The Balaban J connectivity index is 0.985. The molecule has 0 radical (unpaired) electrons. The molecule has 0 fully saturated rings. The lowest BCUT2D eigenvalue weighted by Gasteiger charge is -2.39. The number of fused-ring (bicyclic) bond motifs is 16. The second kappa shape index (κ2) is 13.6. The Morgan fingerprint density at radius 2 is 1.06 bits per heavy atom. The zero-order valence-electron chi connectivity index (χ0n) is 35.4. The van der Waals surface area contributed by atoms with Crippen LogP contribution in [0.2, 0.25) is 0 Å². The van der Waals surface area contributed by atoms with Crippen molar-refractivity contribution in [1.82, 2.24) is 19.9 Å². The molecule has 0 N–H and O–H groups in total. The standard InChI is InChI=1S/C60H38N4O/c1-35-15-14-23-45-53-48(31-30-42-46-33-38(28-32-52(46)65-57(42)53)58-61-50-25-12-9-21-43(50)55(63-58)36-16-4-2-5-17-36)60(54(35)45)47-24-11-8-20-40(47)41-29-27-39(34-49(41)60)59-62-51-26-13-10-22-44(51)56(64-59)37-18-6-3-7-19-37/h2-35,54H,1H3. The number of hydrogen-bond acceptors (Lipinski definition) is 5. The van der Waals surface area contributed by atoms with E-state index in [0.717, 1.165) is 83.2 Å². The average molecular weight is 831 g/mol. The van der Waals surface area contributed by atoms with E-state index in [9.17, 15) is 0 Å². The highest BCUT2D eigenvalue weighted by atomic mass is 16.3. The molecule has 3 aromatic heterocycles. The van der Waals surface area contributed by atoms with Gasteiger partial charge < -0.3 is 4.42 Å². The van der Waals surface area contributed by atoms with E-state index < -0.39 is 5.41 Å². The van der Waals surface area contributed by atoms with E-state index in [4.69, 9.17) is 24.4 Å². The average Bonchev–Trinajstić information content (AvgIpc) is 4.00. The van der Waals surface area contributed by atoms with E-state index in [1.165, 1.54) is 39.0 Å². The summed E-state index contributed by atoms with van der Waals surface area (Å²) in [6.45, 7) is 2.38. The Kier molecular flexibility index (Phi) is 7.59. The third kappa shape index (κ3) is 5.09. The number of rotatable bonds is 4. The van der Waals surface area contributed by atoms with Crippen LogP contribution in [0.1, 0.15) is 29.2 Å². The summed E-state index contributed by atoms with van der Waals surface area (Å²) in [6, 6.07) is 64.5. The van der Waals surface area contributed by atoms with Crippen molar-refractivity contribution in [3.63, 3.8) is 0 Å². The van der Waals surface area contributed by atoms with Gasteiger partial charge in [0.05, 0.1) is 27.8 Å². The Bertz CT molecular complexity index is 3870. The smallest absolute Gasteiger partial charge is 0.160 e. The normalized spacial score (nSPS) is 18.0. The van der Waals surface area contributed by atoms with Gasteiger partial charge in [0.15, 0.2) is 11.6 Å². The number of nitrogens with zero attached hydrogens (tertiary/aromatic N) is 4. The number of furan rings is 1. The van der Waals surface area contributed by atoms with Crippen molar-refractivity contribution in [3.05, 3.63) is 222 Å². The largest absolute Gasteiger partial charge is 0.455 e. The van der Waals surface area contributed by atoms with Crippen LogP contribution >= 0.6 is 0 Å². The monoisotopic (exact) mass is 830 g/mol. The minimum absolute atomic E-state index is 0.120. The van der Waals surface area contributed by atoms with Crippen molar-refractivity contribution in [1.29, 1.82) is 0 Å². The quantitative estimate of drug-likeness (QED) is 0.177. The van der Waals surface area contributed by atoms with Crippen molar-refractivity contribution in [2.45, 2.75) is 12.3 Å². The lowest BCUT2D eigenvalue weighted by atomic mass is 9.62. The van der Waals surface area contributed by atoms with Crippen LogP contribution in [0.3, 0.4) is 0 Å². The van der Waals surface area contributed by atoms with Gasteiger partial charge in [0.2, 0.25) is 0 Å². The SMILES string of the molecule is CC1C=CC=C2c3c(ccc4c3oc3ccc(-c5nc(-c6ccccc6)c6ccccc6n5)cc34)C3(c4ccccc4-c4ccc(-c5nc(-c6ccccc6)c6ccccc6n5)cc43)C21. The summed E-state index contributed by atoms with van der Waals surface area (Å²) >= 11 is 0. The van der Waals surface area contributed by atoms with Crippen LogP contribution in [0, 0.1) is 11.8 Å². The summed E-state index contributed by atoms with van der Waals surface area (Å²) < 4.78 is 7.08. The van der Waals surface area contributed by atoms with Gasteiger partial charge >= 0.3 is 0 Å². The van der Waals surface area contributed by atoms with E-state index in [1.807, 2.05) is 18.2 Å². The molecule has 0 saturated carbocycles. The van der Waals surface area contributed by atoms with Crippen molar-refractivity contribution >= 4 is 49.3 Å². The van der Waals surface area contributed by atoms with Crippen molar-refractivity contribution in [2.75, 3.05) is 0 Å². The first-order valence-corrected chi connectivity index (χ1v) is 22.4. The fraction of sp³-hybridized carbons (Fsp3) is 0.0667. The van der Waals surface area contributed by atoms with Gasteiger partial charge in [-0.3, -0.25) is 0 Å². The molecule has 3 aliphatic carbocycles.